The lowest BCUT2D eigenvalue weighted by molar-refractivity contribution is -0.115. The van der Waals surface area contributed by atoms with Crippen LogP contribution in [0.5, 0.6) is 0 Å². The summed E-state index contributed by atoms with van der Waals surface area (Å²) >= 11 is 0. The molecule has 5 heteroatoms. The number of benzene rings is 1. The summed E-state index contributed by atoms with van der Waals surface area (Å²) < 4.78 is 0. The van der Waals surface area contributed by atoms with Gasteiger partial charge in [-0.25, -0.2) is 0 Å². The Hall–Kier alpha value is -1.88. The van der Waals surface area contributed by atoms with Crippen molar-refractivity contribution in [2.45, 2.75) is 25.4 Å². The number of rotatable bonds is 1. The molecule has 2 amide bonds. The van der Waals surface area contributed by atoms with Gasteiger partial charge in [0.25, 0.3) is 5.91 Å². The zero-order chi connectivity index (χ0) is 13.4. The molecule has 1 saturated heterocycles. The standard InChI is InChI=1S/C14H16N2O3/c17-11-2-1-5-16(8-11)14(19)10-4-3-9-7-13(18)15-12(9)6-10/h3-4,6,11,17H,1-2,5,7-8H2,(H,15,18). The normalized spacial score (nSPS) is 22.1. The molecule has 0 radical (unpaired) electrons. The lowest BCUT2D eigenvalue weighted by atomic mass is 10.0. The van der Waals surface area contributed by atoms with Crippen LogP contribution < -0.4 is 5.32 Å². The summed E-state index contributed by atoms with van der Waals surface area (Å²) in [4.78, 5) is 25.3. The number of carbonyl (C=O) groups is 2. The van der Waals surface area contributed by atoms with Crippen LogP contribution in [0.15, 0.2) is 18.2 Å². The van der Waals surface area contributed by atoms with Crippen LogP contribution in [0.1, 0.15) is 28.8 Å². The van der Waals surface area contributed by atoms with Crippen LogP contribution in [0, 0.1) is 0 Å². The van der Waals surface area contributed by atoms with Crippen molar-refractivity contribution >= 4 is 17.5 Å². The summed E-state index contributed by atoms with van der Waals surface area (Å²) in [5, 5.41) is 12.4. The van der Waals surface area contributed by atoms with Crippen molar-refractivity contribution in [2.75, 3.05) is 18.4 Å². The Morgan fingerprint density at radius 1 is 1.42 bits per heavy atom. The second-order valence-electron chi connectivity index (χ2n) is 5.14. The zero-order valence-corrected chi connectivity index (χ0v) is 10.6. The van der Waals surface area contributed by atoms with E-state index in [1.54, 1.807) is 17.0 Å². The maximum atomic E-state index is 12.3. The van der Waals surface area contributed by atoms with Crippen molar-refractivity contribution in [3.05, 3.63) is 29.3 Å². The molecule has 0 spiro atoms. The van der Waals surface area contributed by atoms with Crippen molar-refractivity contribution in [2.24, 2.45) is 0 Å². The molecule has 0 aliphatic carbocycles. The van der Waals surface area contributed by atoms with Gasteiger partial charge in [0.1, 0.15) is 0 Å². The van der Waals surface area contributed by atoms with Crippen LogP contribution in [0.2, 0.25) is 0 Å². The molecule has 1 aromatic rings. The van der Waals surface area contributed by atoms with E-state index < -0.39 is 6.10 Å². The van der Waals surface area contributed by atoms with Crippen LogP contribution in [0.3, 0.4) is 0 Å². The van der Waals surface area contributed by atoms with Gasteiger partial charge >= 0.3 is 0 Å². The molecule has 1 fully saturated rings. The number of β-amino-alcohol motifs (C(OH)–C–C–N with tert-alkyl or cyclic N) is 1. The van der Waals surface area contributed by atoms with Gasteiger partial charge in [0, 0.05) is 24.3 Å². The fourth-order valence-corrected chi connectivity index (χ4v) is 2.67. The number of likely N-dealkylation sites (tertiary alicyclic amines) is 1. The van der Waals surface area contributed by atoms with Gasteiger partial charge in [-0.15, -0.1) is 0 Å². The van der Waals surface area contributed by atoms with Gasteiger partial charge in [-0.05, 0) is 30.5 Å². The first kappa shape index (κ1) is 12.2. The van der Waals surface area contributed by atoms with Crippen LogP contribution in [0.25, 0.3) is 0 Å². The van der Waals surface area contributed by atoms with Crippen LogP contribution >= 0.6 is 0 Å². The minimum absolute atomic E-state index is 0.0343. The molecule has 2 aliphatic heterocycles. The summed E-state index contributed by atoms with van der Waals surface area (Å²) in [5.41, 5.74) is 2.23. The first-order valence-corrected chi connectivity index (χ1v) is 6.53. The van der Waals surface area contributed by atoms with E-state index in [1.807, 2.05) is 6.07 Å². The number of hydrogen-bond acceptors (Lipinski definition) is 3. The maximum Gasteiger partial charge on any atom is 0.254 e. The van der Waals surface area contributed by atoms with Gasteiger partial charge < -0.3 is 15.3 Å². The molecule has 19 heavy (non-hydrogen) atoms. The highest BCUT2D eigenvalue weighted by Crippen LogP contribution is 2.25. The Morgan fingerprint density at radius 3 is 3.05 bits per heavy atom. The number of amides is 2. The molecule has 2 N–H and O–H groups in total. The third-order valence-electron chi connectivity index (χ3n) is 3.67. The Morgan fingerprint density at radius 2 is 2.26 bits per heavy atom. The van der Waals surface area contributed by atoms with Crippen molar-refractivity contribution < 1.29 is 14.7 Å². The van der Waals surface area contributed by atoms with E-state index in [9.17, 15) is 14.7 Å². The first-order chi connectivity index (χ1) is 9.13. The Kier molecular flexibility index (Phi) is 2.98. The quantitative estimate of drug-likeness (QED) is 0.784. The molecule has 1 aromatic carbocycles. The number of aliphatic hydroxyl groups excluding tert-OH is 1. The number of fused-ring (bicyclic) bond motifs is 1. The van der Waals surface area contributed by atoms with Gasteiger partial charge in [0.05, 0.1) is 12.5 Å². The molecule has 100 valence electrons. The number of nitrogens with one attached hydrogen (secondary N) is 1. The fraction of sp³-hybridized carbons (Fsp3) is 0.429. The average molecular weight is 260 g/mol. The summed E-state index contributed by atoms with van der Waals surface area (Å²) in [6.07, 6.45) is 1.54. The topological polar surface area (TPSA) is 69.6 Å². The largest absolute Gasteiger partial charge is 0.391 e. The van der Waals surface area contributed by atoms with E-state index in [0.29, 0.717) is 25.1 Å². The number of nitrogens with zero attached hydrogens (tertiary/aromatic N) is 1. The van der Waals surface area contributed by atoms with Gasteiger partial charge in [-0.3, -0.25) is 9.59 Å². The molecular formula is C14H16N2O3. The minimum Gasteiger partial charge on any atom is -0.391 e. The van der Waals surface area contributed by atoms with Crippen molar-refractivity contribution in [3.8, 4) is 0 Å². The van der Waals surface area contributed by atoms with Crippen molar-refractivity contribution in [1.82, 2.24) is 4.90 Å². The maximum absolute atomic E-state index is 12.3. The third-order valence-corrected chi connectivity index (χ3v) is 3.67. The lowest BCUT2D eigenvalue weighted by Crippen LogP contribution is -2.42. The zero-order valence-electron chi connectivity index (χ0n) is 10.6. The molecule has 1 unspecified atom stereocenters. The number of piperidine rings is 1. The molecule has 2 heterocycles. The second kappa shape index (κ2) is 4.66. The first-order valence-electron chi connectivity index (χ1n) is 6.53. The highest BCUT2D eigenvalue weighted by molar-refractivity contribution is 6.02. The van der Waals surface area contributed by atoms with E-state index in [0.717, 1.165) is 24.1 Å². The Labute approximate surface area is 111 Å². The van der Waals surface area contributed by atoms with E-state index in [4.69, 9.17) is 0 Å². The van der Waals surface area contributed by atoms with Crippen LogP contribution in [-0.4, -0.2) is 41.0 Å². The molecule has 1 atom stereocenters. The molecule has 0 saturated carbocycles. The Balaban J connectivity index is 1.81. The molecule has 3 rings (SSSR count). The minimum atomic E-state index is -0.424. The summed E-state index contributed by atoms with van der Waals surface area (Å²) in [5.74, 6) is -0.115. The fourth-order valence-electron chi connectivity index (χ4n) is 2.67. The van der Waals surface area contributed by atoms with Crippen LogP contribution in [0.4, 0.5) is 5.69 Å². The smallest absolute Gasteiger partial charge is 0.254 e. The summed E-state index contributed by atoms with van der Waals surface area (Å²) in [7, 11) is 0. The van der Waals surface area contributed by atoms with Crippen molar-refractivity contribution in [3.63, 3.8) is 0 Å². The number of anilines is 1. The van der Waals surface area contributed by atoms with Gasteiger partial charge in [0.2, 0.25) is 5.91 Å². The molecule has 2 aliphatic rings. The van der Waals surface area contributed by atoms with Gasteiger partial charge in [-0.1, -0.05) is 6.07 Å². The highest BCUT2D eigenvalue weighted by atomic mass is 16.3. The number of hydrogen-bond donors (Lipinski definition) is 2. The average Bonchev–Trinajstić information content (AvgIpc) is 2.76. The number of carbonyl (C=O) groups excluding carboxylic acids is 2. The number of aliphatic hydroxyl groups is 1. The molecular weight excluding hydrogens is 244 g/mol. The highest BCUT2D eigenvalue weighted by Gasteiger charge is 2.25. The van der Waals surface area contributed by atoms with E-state index in [-0.39, 0.29) is 11.8 Å². The molecule has 0 bridgehead atoms. The van der Waals surface area contributed by atoms with Gasteiger partial charge in [0.15, 0.2) is 0 Å². The molecule has 0 aromatic heterocycles. The monoisotopic (exact) mass is 260 g/mol. The van der Waals surface area contributed by atoms with E-state index in [2.05, 4.69) is 5.32 Å². The Bertz CT molecular complexity index is 541. The van der Waals surface area contributed by atoms with Crippen molar-refractivity contribution in [1.29, 1.82) is 0 Å². The lowest BCUT2D eigenvalue weighted by Gasteiger charge is -2.30. The SMILES string of the molecule is O=C1Cc2ccc(C(=O)N3CCCC(O)C3)cc2N1. The van der Waals surface area contributed by atoms with Crippen LogP contribution in [-0.2, 0) is 11.2 Å². The second-order valence-corrected chi connectivity index (χ2v) is 5.14. The third kappa shape index (κ3) is 2.33. The summed E-state index contributed by atoms with van der Waals surface area (Å²) in [6, 6.07) is 5.30. The van der Waals surface area contributed by atoms with E-state index in [1.165, 1.54) is 0 Å². The van der Waals surface area contributed by atoms with E-state index >= 15 is 0 Å². The van der Waals surface area contributed by atoms with Gasteiger partial charge in [-0.2, -0.15) is 0 Å². The molecule has 5 nitrogen and oxygen atoms in total. The predicted molar refractivity (Wildman–Crippen MR) is 69.9 cm³/mol. The summed E-state index contributed by atoms with van der Waals surface area (Å²) in [6.45, 7) is 1.07. The predicted octanol–water partition coefficient (Wildman–Crippen LogP) is 0.778.